The molecule has 0 bridgehead atoms. The summed E-state index contributed by atoms with van der Waals surface area (Å²) >= 11 is 5.73. The summed E-state index contributed by atoms with van der Waals surface area (Å²) in [5.74, 6) is 1.67. The van der Waals surface area contributed by atoms with Crippen molar-refractivity contribution in [1.29, 1.82) is 0 Å². The van der Waals surface area contributed by atoms with E-state index in [2.05, 4.69) is 36.4 Å². The van der Waals surface area contributed by atoms with Gasteiger partial charge in [0, 0.05) is 35.4 Å². The van der Waals surface area contributed by atoms with Gasteiger partial charge in [-0.2, -0.15) is 0 Å². The molecule has 0 aliphatic heterocycles. The van der Waals surface area contributed by atoms with Crippen LogP contribution in [0.3, 0.4) is 0 Å². The van der Waals surface area contributed by atoms with E-state index >= 15 is 0 Å². The van der Waals surface area contributed by atoms with Gasteiger partial charge in [-0.25, -0.2) is 9.18 Å². The summed E-state index contributed by atoms with van der Waals surface area (Å²) in [7, 11) is 1.53. The number of fused-ring (bicyclic) bond motifs is 1. The van der Waals surface area contributed by atoms with Crippen LogP contribution in [0.2, 0.25) is 0 Å². The van der Waals surface area contributed by atoms with Gasteiger partial charge in [0.05, 0.1) is 18.5 Å². The topological polar surface area (TPSA) is 81.7 Å². The van der Waals surface area contributed by atoms with E-state index in [9.17, 15) is 9.18 Å². The summed E-state index contributed by atoms with van der Waals surface area (Å²) in [6, 6.07) is 9.17. The highest BCUT2D eigenvalue weighted by Crippen LogP contribution is 2.39. The van der Waals surface area contributed by atoms with Gasteiger partial charge < -0.3 is 24.8 Å². The van der Waals surface area contributed by atoms with E-state index in [1.807, 2.05) is 0 Å². The molecule has 1 fully saturated rings. The van der Waals surface area contributed by atoms with Gasteiger partial charge in [0.2, 0.25) is 0 Å². The lowest BCUT2D eigenvalue weighted by Gasteiger charge is -2.39. The second-order valence-corrected chi connectivity index (χ2v) is 10.7. The van der Waals surface area contributed by atoms with Crippen molar-refractivity contribution in [3.05, 3.63) is 48.4 Å². The third-order valence-corrected chi connectivity index (χ3v) is 6.61. The molecule has 0 saturated heterocycles. The maximum atomic E-state index is 15.0. The number of amides is 2. The Balaban J connectivity index is 1.47. The number of carbonyl (C=O) groups excluding carboxylic acids is 1. The number of rotatable bonds is 8. The molecule has 1 heterocycles. The molecule has 7 nitrogen and oxygen atoms in total. The molecule has 1 saturated carbocycles. The highest BCUT2D eigenvalue weighted by molar-refractivity contribution is 6.18. The van der Waals surface area contributed by atoms with Crippen LogP contribution in [0.25, 0.3) is 10.9 Å². The molecule has 3 aromatic rings. The Kier molecular flexibility index (Phi) is 8.27. The SMILES string of the molecule is COc1cc2c(Oc3ccc(NC(=O)NC4CC(C)CC(C)(C)C4)cc3F)ccnc2cc1OCCCl. The third kappa shape index (κ3) is 6.74. The molecule has 2 atom stereocenters. The first-order valence-corrected chi connectivity index (χ1v) is 12.9. The molecule has 2 N–H and O–H groups in total. The molecule has 198 valence electrons. The fourth-order valence-corrected chi connectivity index (χ4v) is 5.30. The van der Waals surface area contributed by atoms with Crippen LogP contribution in [0.15, 0.2) is 42.6 Å². The zero-order valence-electron chi connectivity index (χ0n) is 21.6. The lowest BCUT2D eigenvalue weighted by Crippen LogP contribution is -2.44. The summed E-state index contributed by atoms with van der Waals surface area (Å²) in [5, 5.41) is 6.40. The number of hydrogen-bond donors (Lipinski definition) is 2. The van der Waals surface area contributed by atoms with Crippen LogP contribution in [0.1, 0.15) is 40.0 Å². The van der Waals surface area contributed by atoms with E-state index in [1.54, 1.807) is 30.5 Å². The highest BCUT2D eigenvalue weighted by Gasteiger charge is 2.32. The molecule has 0 radical (unpaired) electrons. The second kappa shape index (κ2) is 11.4. The molecule has 4 rings (SSSR count). The Morgan fingerprint density at radius 3 is 2.65 bits per heavy atom. The molecule has 9 heteroatoms. The lowest BCUT2D eigenvalue weighted by molar-refractivity contribution is 0.154. The van der Waals surface area contributed by atoms with E-state index in [1.165, 1.54) is 19.2 Å². The Bertz CT molecular complexity index is 1270. The number of urea groups is 1. The maximum Gasteiger partial charge on any atom is 0.319 e. The van der Waals surface area contributed by atoms with Crippen LogP contribution in [-0.2, 0) is 0 Å². The van der Waals surface area contributed by atoms with E-state index in [0.717, 1.165) is 19.3 Å². The maximum absolute atomic E-state index is 15.0. The molecular formula is C28H33ClFN3O4. The van der Waals surface area contributed by atoms with Gasteiger partial charge >= 0.3 is 6.03 Å². The number of halogens is 2. The number of nitrogens with one attached hydrogen (secondary N) is 2. The fraction of sp³-hybridized carbons (Fsp3) is 0.429. The predicted molar refractivity (Wildman–Crippen MR) is 144 cm³/mol. The number of pyridine rings is 1. The van der Waals surface area contributed by atoms with Gasteiger partial charge in [-0.15, -0.1) is 11.6 Å². The lowest BCUT2D eigenvalue weighted by atomic mass is 9.71. The van der Waals surface area contributed by atoms with Crippen molar-refractivity contribution < 1.29 is 23.4 Å². The summed E-state index contributed by atoms with van der Waals surface area (Å²) in [5.41, 5.74) is 1.12. The Morgan fingerprint density at radius 2 is 1.95 bits per heavy atom. The van der Waals surface area contributed by atoms with Crippen molar-refractivity contribution in [2.45, 2.75) is 46.1 Å². The van der Waals surface area contributed by atoms with Gasteiger partial charge in [-0.3, -0.25) is 4.98 Å². The van der Waals surface area contributed by atoms with Crippen LogP contribution in [0, 0.1) is 17.2 Å². The van der Waals surface area contributed by atoms with E-state index < -0.39 is 5.82 Å². The van der Waals surface area contributed by atoms with Crippen molar-refractivity contribution in [3.63, 3.8) is 0 Å². The molecule has 2 unspecified atom stereocenters. The second-order valence-electron chi connectivity index (χ2n) is 10.3. The van der Waals surface area contributed by atoms with Crippen molar-refractivity contribution in [2.75, 3.05) is 24.9 Å². The van der Waals surface area contributed by atoms with Crippen LogP contribution in [0.5, 0.6) is 23.0 Å². The molecule has 1 aliphatic carbocycles. The number of carbonyl (C=O) groups is 1. The average Bonchev–Trinajstić information content (AvgIpc) is 2.82. The van der Waals surface area contributed by atoms with Crippen LogP contribution >= 0.6 is 11.6 Å². The summed E-state index contributed by atoms with van der Waals surface area (Å²) in [6.45, 7) is 6.97. The van der Waals surface area contributed by atoms with Gasteiger partial charge in [-0.1, -0.05) is 20.8 Å². The number of alkyl halides is 1. The molecular weight excluding hydrogens is 497 g/mol. The smallest absolute Gasteiger partial charge is 0.319 e. The normalized spacial score (nSPS) is 18.8. The largest absolute Gasteiger partial charge is 0.493 e. The summed E-state index contributed by atoms with van der Waals surface area (Å²) < 4.78 is 31.9. The Hall–Kier alpha value is -3.26. The van der Waals surface area contributed by atoms with Gasteiger partial charge in [0.15, 0.2) is 23.1 Å². The quantitative estimate of drug-likeness (QED) is 0.303. The minimum Gasteiger partial charge on any atom is -0.493 e. The summed E-state index contributed by atoms with van der Waals surface area (Å²) in [6.07, 6.45) is 4.56. The minimum absolute atomic E-state index is 0.0164. The zero-order valence-corrected chi connectivity index (χ0v) is 22.3. The van der Waals surface area contributed by atoms with E-state index in [4.69, 9.17) is 25.8 Å². The minimum atomic E-state index is -0.607. The number of nitrogens with zero attached hydrogens (tertiary/aromatic N) is 1. The van der Waals surface area contributed by atoms with Crippen LogP contribution in [-0.4, -0.2) is 36.7 Å². The van der Waals surface area contributed by atoms with Crippen molar-refractivity contribution in [1.82, 2.24) is 10.3 Å². The van der Waals surface area contributed by atoms with Crippen molar-refractivity contribution in [2.24, 2.45) is 11.3 Å². The number of aromatic nitrogens is 1. The first-order chi connectivity index (χ1) is 17.7. The number of benzene rings is 2. The fourth-order valence-electron chi connectivity index (χ4n) is 5.23. The number of hydrogen-bond acceptors (Lipinski definition) is 5. The Labute approximate surface area is 221 Å². The molecule has 2 amide bonds. The van der Waals surface area contributed by atoms with E-state index in [0.29, 0.717) is 52.2 Å². The van der Waals surface area contributed by atoms with Crippen molar-refractivity contribution in [3.8, 4) is 23.0 Å². The highest BCUT2D eigenvalue weighted by atomic mass is 35.5. The first kappa shape index (κ1) is 26.8. The van der Waals surface area contributed by atoms with Gasteiger partial charge in [0.25, 0.3) is 0 Å². The molecule has 1 aromatic heterocycles. The van der Waals surface area contributed by atoms with Gasteiger partial charge in [-0.05, 0) is 54.9 Å². The van der Waals surface area contributed by atoms with Crippen molar-refractivity contribution >= 4 is 34.2 Å². The van der Waals surface area contributed by atoms with Crippen LogP contribution < -0.4 is 24.8 Å². The van der Waals surface area contributed by atoms with Crippen LogP contribution in [0.4, 0.5) is 14.9 Å². The zero-order chi connectivity index (χ0) is 26.6. The summed E-state index contributed by atoms with van der Waals surface area (Å²) in [4.78, 5) is 16.9. The Morgan fingerprint density at radius 1 is 1.14 bits per heavy atom. The number of ether oxygens (including phenoxy) is 3. The molecule has 0 spiro atoms. The average molecular weight is 530 g/mol. The number of methoxy groups -OCH3 is 1. The monoisotopic (exact) mass is 529 g/mol. The molecule has 37 heavy (non-hydrogen) atoms. The number of anilines is 1. The predicted octanol–water partition coefficient (Wildman–Crippen LogP) is 7.13. The molecule has 1 aliphatic rings. The first-order valence-electron chi connectivity index (χ1n) is 12.4. The van der Waals surface area contributed by atoms with Gasteiger partial charge in [0.1, 0.15) is 12.4 Å². The van der Waals surface area contributed by atoms with E-state index in [-0.39, 0.29) is 23.2 Å². The third-order valence-electron chi connectivity index (χ3n) is 6.45. The molecule has 2 aromatic carbocycles. The standard InChI is InChI=1S/C28H33ClFN3O4/c1-17-11-19(16-28(2,3)15-17)33-27(34)32-18-5-6-24(21(30)12-18)37-23-7-9-31-22-14-26(36-10-8-29)25(35-4)13-20(22)23/h5-7,9,12-14,17,19H,8,10-11,15-16H2,1-4H3,(H2,32,33,34).